The summed E-state index contributed by atoms with van der Waals surface area (Å²) in [5, 5.41) is 4.64. The molecular formula is C23H31N3O2. The summed E-state index contributed by atoms with van der Waals surface area (Å²) in [4.78, 5) is 15.5. The van der Waals surface area contributed by atoms with Crippen LogP contribution in [-0.2, 0) is 30.7 Å². The van der Waals surface area contributed by atoms with Crippen molar-refractivity contribution in [2.75, 3.05) is 39.4 Å². The minimum atomic E-state index is 0.103. The van der Waals surface area contributed by atoms with E-state index in [1.165, 1.54) is 22.9 Å². The van der Waals surface area contributed by atoms with Gasteiger partial charge in [-0.1, -0.05) is 6.08 Å². The standard InChI is InChI=1S/C23H31N3O2/c1-2-8-26-22-16-19-6-3-5-18(19)14-20(22)15-21(23(26)27)17-24-7-4-9-25-10-12-28-13-11-25/h2,14-16,24H,1,3-13,17H2. The number of aryl methyl sites for hydroxylation is 2. The fraction of sp³-hybridized carbons (Fsp3) is 0.522. The van der Waals surface area contributed by atoms with Gasteiger partial charge in [-0.3, -0.25) is 9.69 Å². The first-order valence-corrected chi connectivity index (χ1v) is 10.6. The molecule has 2 aliphatic rings. The van der Waals surface area contributed by atoms with Crippen molar-refractivity contribution in [3.63, 3.8) is 0 Å². The molecule has 1 N–H and O–H groups in total. The molecule has 0 atom stereocenters. The molecule has 5 heteroatoms. The van der Waals surface area contributed by atoms with Gasteiger partial charge >= 0.3 is 0 Å². The highest BCUT2D eigenvalue weighted by atomic mass is 16.5. The highest BCUT2D eigenvalue weighted by Gasteiger charge is 2.15. The molecule has 5 nitrogen and oxygen atoms in total. The molecular weight excluding hydrogens is 350 g/mol. The Morgan fingerprint density at radius 3 is 2.71 bits per heavy atom. The summed E-state index contributed by atoms with van der Waals surface area (Å²) >= 11 is 0. The minimum absolute atomic E-state index is 0.103. The highest BCUT2D eigenvalue weighted by molar-refractivity contribution is 5.82. The maximum absolute atomic E-state index is 13.0. The van der Waals surface area contributed by atoms with Gasteiger partial charge in [0.1, 0.15) is 0 Å². The van der Waals surface area contributed by atoms with Gasteiger partial charge < -0.3 is 14.6 Å². The van der Waals surface area contributed by atoms with Gasteiger partial charge in [0.05, 0.1) is 18.7 Å². The van der Waals surface area contributed by atoms with E-state index in [-0.39, 0.29) is 5.56 Å². The second-order valence-electron chi connectivity index (χ2n) is 7.89. The molecule has 28 heavy (non-hydrogen) atoms. The average molecular weight is 382 g/mol. The normalized spacial score (nSPS) is 17.1. The smallest absolute Gasteiger partial charge is 0.255 e. The molecule has 1 aromatic heterocycles. The van der Waals surface area contributed by atoms with Gasteiger partial charge in [0, 0.05) is 31.7 Å². The highest BCUT2D eigenvalue weighted by Crippen LogP contribution is 2.27. The van der Waals surface area contributed by atoms with Gasteiger partial charge in [-0.05, 0) is 73.5 Å². The topological polar surface area (TPSA) is 46.5 Å². The first-order valence-electron chi connectivity index (χ1n) is 10.6. The van der Waals surface area contributed by atoms with Gasteiger partial charge in [-0.2, -0.15) is 0 Å². The van der Waals surface area contributed by atoms with Crippen molar-refractivity contribution < 1.29 is 4.74 Å². The minimum Gasteiger partial charge on any atom is -0.379 e. The molecule has 2 aromatic rings. The third kappa shape index (κ3) is 4.22. The molecule has 2 heterocycles. The van der Waals surface area contributed by atoms with Crippen LogP contribution in [0, 0.1) is 0 Å². The Balaban J connectivity index is 1.45. The third-order valence-corrected chi connectivity index (χ3v) is 5.94. The number of morpholine rings is 1. The second-order valence-corrected chi connectivity index (χ2v) is 7.89. The van der Waals surface area contributed by atoms with Crippen LogP contribution in [0.2, 0.25) is 0 Å². The first-order chi connectivity index (χ1) is 13.8. The number of ether oxygens (including phenoxy) is 1. The summed E-state index contributed by atoms with van der Waals surface area (Å²) < 4.78 is 7.27. The van der Waals surface area contributed by atoms with Gasteiger partial charge in [0.15, 0.2) is 0 Å². The van der Waals surface area contributed by atoms with Crippen LogP contribution >= 0.6 is 0 Å². The number of allylic oxidation sites excluding steroid dienone is 1. The maximum atomic E-state index is 13.0. The number of nitrogens with one attached hydrogen (secondary N) is 1. The molecule has 1 aromatic carbocycles. The van der Waals surface area contributed by atoms with Gasteiger partial charge in [-0.15, -0.1) is 6.58 Å². The zero-order chi connectivity index (χ0) is 19.3. The van der Waals surface area contributed by atoms with Crippen molar-refractivity contribution in [1.29, 1.82) is 0 Å². The Morgan fingerprint density at radius 2 is 1.93 bits per heavy atom. The molecule has 0 saturated carbocycles. The molecule has 4 rings (SSSR count). The van der Waals surface area contributed by atoms with Gasteiger partial charge in [-0.25, -0.2) is 0 Å². The number of nitrogens with zero attached hydrogens (tertiary/aromatic N) is 2. The largest absolute Gasteiger partial charge is 0.379 e. The molecule has 150 valence electrons. The van der Waals surface area contributed by atoms with Crippen LogP contribution in [0.15, 0.2) is 35.6 Å². The predicted octanol–water partition coefficient (Wildman–Crippen LogP) is 2.49. The molecule has 0 amide bonds. The zero-order valence-electron chi connectivity index (χ0n) is 16.7. The van der Waals surface area contributed by atoms with Crippen molar-refractivity contribution in [2.24, 2.45) is 0 Å². The fourth-order valence-corrected chi connectivity index (χ4v) is 4.42. The number of hydrogen-bond acceptors (Lipinski definition) is 4. The summed E-state index contributed by atoms with van der Waals surface area (Å²) in [6.45, 7) is 10.8. The molecule has 0 bridgehead atoms. The van der Waals surface area contributed by atoms with E-state index in [1.807, 2.05) is 10.6 Å². The summed E-state index contributed by atoms with van der Waals surface area (Å²) in [7, 11) is 0. The molecule has 0 spiro atoms. The summed E-state index contributed by atoms with van der Waals surface area (Å²) in [5.74, 6) is 0. The number of benzene rings is 1. The van der Waals surface area contributed by atoms with E-state index in [4.69, 9.17) is 4.74 Å². The third-order valence-electron chi connectivity index (χ3n) is 5.94. The Kier molecular flexibility index (Phi) is 6.25. The Bertz CT molecular complexity index is 897. The van der Waals surface area contributed by atoms with Crippen LogP contribution < -0.4 is 10.9 Å². The molecule has 1 saturated heterocycles. The molecule has 1 aliphatic heterocycles. The van der Waals surface area contributed by atoms with E-state index < -0.39 is 0 Å². The van der Waals surface area contributed by atoms with Gasteiger partial charge in [0.25, 0.3) is 5.56 Å². The van der Waals surface area contributed by atoms with Crippen molar-refractivity contribution in [3.05, 3.63) is 57.9 Å². The van der Waals surface area contributed by atoms with Crippen LogP contribution in [0.1, 0.15) is 29.5 Å². The van der Waals surface area contributed by atoms with E-state index in [0.717, 1.165) is 69.7 Å². The fourth-order valence-electron chi connectivity index (χ4n) is 4.42. The van der Waals surface area contributed by atoms with E-state index in [1.54, 1.807) is 0 Å². The van der Waals surface area contributed by atoms with E-state index in [2.05, 4.69) is 35.0 Å². The van der Waals surface area contributed by atoms with Crippen molar-refractivity contribution in [3.8, 4) is 0 Å². The number of pyridine rings is 1. The molecule has 0 unspecified atom stereocenters. The van der Waals surface area contributed by atoms with Gasteiger partial charge in [0.2, 0.25) is 0 Å². The molecule has 1 fully saturated rings. The van der Waals surface area contributed by atoms with Crippen molar-refractivity contribution >= 4 is 10.9 Å². The average Bonchev–Trinajstić information content (AvgIpc) is 3.17. The Hall–Kier alpha value is -1.95. The van der Waals surface area contributed by atoms with Crippen molar-refractivity contribution in [1.82, 2.24) is 14.8 Å². The number of hydrogen-bond donors (Lipinski definition) is 1. The van der Waals surface area contributed by atoms with Crippen LogP contribution in [0.5, 0.6) is 0 Å². The lowest BCUT2D eigenvalue weighted by Gasteiger charge is -2.26. The summed E-state index contributed by atoms with van der Waals surface area (Å²) in [5.41, 5.74) is 4.84. The van der Waals surface area contributed by atoms with E-state index in [9.17, 15) is 4.79 Å². The SMILES string of the molecule is C=CCn1c(=O)c(CNCCCN2CCOCC2)cc2cc3c(cc21)CCC3. The lowest BCUT2D eigenvalue weighted by Crippen LogP contribution is -2.37. The quantitative estimate of drug-likeness (QED) is 0.564. The Morgan fingerprint density at radius 1 is 1.14 bits per heavy atom. The van der Waals surface area contributed by atoms with Crippen LogP contribution in [0.3, 0.4) is 0 Å². The Labute approximate surface area is 167 Å². The first kappa shape index (κ1) is 19.4. The van der Waals surface area contributed by atoms with Crippen LogP contribution in [0.4, 0.5) is 0 Å². The second kappa shape index (κ2) is 9.03. The molecule has 0 radical (unpaired) electrons. The van der Waals surface area contributed by atoms with Crippen LogP contribution in [0.25, 0.3) is 10.9 Å². The van der Waals surface area contributed by atoms with Crippen molar-refractivity contribution in [2.45, 2.75) is 38.8 Å². The molecule has 1 aliphatic carbocycles. The lowest BCUT2D eigenvalue weighted by molar-refractivity contribution is 0.0374. The monoisotopic (exact) mass is 381 g/mol. The van der Waals surface area contributed by atoms with E-state index in [0.29, 0.717) is 13.1 Å². The summed E-state index contributed by atoms with van der Waals surface area (Å²) in [6.07, 6.45) is 6.39. The zero-order valence-corrected chi connectivity index (χ0v) is 16.7. The lowest BCUT2D eigenvalue weighted by atomic mass is 10.0. The van der Waals surface area contributed by atoms with Crippen LogP contribution in [-0.4, -0.2) is 48.9 Å². The van der Waals surface area contributed by atoms with E-state index >= 15 is 0 Å². The number of fused-ring (bicyclic) bond motifs is 2. The maximum Gasteiger partial charge on any atom is 0.255 e. The number of rotatable bonds is 8. The predicted molar refractivity (Wildman–Crippen MR) is 114 cm³/mol. The number of aromatic nitrogens is 1. The summed E-state index contributed by atoms with van der Waals surface area (Å²) in [6, 6.07) is 6.60.